The number of amides is 3. The van der Waals surface area contributed by atoms with Crippen LogP contribution in [0.1, 0.15) is 12.0 Å². The molecule has 1 aromatic heterocycles. The normalized spacial score (nSPS) is 15.8. The van der Waals surface area contributed by atoms with Crippen LogP contribution in [0.3, 0.4) is 0 Å². The number of thiophene rings is 1. The lowest BCUT2D eigenvalue weighted by Crippen LogP contribution is -2.45. The van der Waals surface area contributed by atoms with Crippen molar-refractivity contribution in [2.45, 2.75) is 23.2 Å². The second-order valence-corrected chi connectivity index (χ2v) is 9.44. The zero-order valence-electron chi connectivity index (χ0n) is 17.5. The van der Waals surface area contributed by atoms with Gasteiger partial charge in [0, 0.05) is 6.54 Å². The van der Waals surface area contributed by atoms with E-state index in [0.717, 1.165) is 9.77 Å². The summed E-state index contributed by atoms with van der Waals surface area (Å²) < 4.78 is 6.19. The van der Waals surface area contributed by atoms with Crippen molar-refractivity contribution in [3.63, 3.8) is 0 Å². The highest BCUT2D eigenvalue weighted by Crippen LogP contribution is 2.30. The van der Waals surface area contributed by atoms with Gasteiger partial charge in [0.05, 0.1) is 29.2 Å². The minimum Gasteiger partial charge on any atom is -0.497 e. The predicted molar refractivity (Wildman–Crippen MR) is 126 cm³/mol. The summed E-state index contributed by atoms with van der Waals surface area (Å²) in [4.78, 5) is 42.1. The lowest BCUT2D eigenvalue weighted by molar-refractivity contribution is -0.136. The van der Waals surface area contributed by atoms with Crippen molar-refractivity contribution in [2.75, 3.05) is 17.8 Å². The highest BCUT2D eigenvalue weighted by Gasteiger charge is 2.44. The van der Waals surface area contributed by atoms with Crippen molar-refractivity contribution in [3.8, 4) is 5.75 Å². The summed E-state index contributed by atoms with van der Waals surface area (Å²) in [5, 5.41) is 1.96. The molecule has 1 fully saturated rings. The Balaban J connectivity index is 1.57. The summed E-state index contributed by atoms with van der Waals surface area (Å²) in [7, 11) is 1.55. The van der Waals surface area contributed by atoms with Gasteiger partial charge < -0.3 is 9.64 Å². The van der Waals surface area contributed by atoms with E-state index in [0.29, 0.717) is 11.4 Å². The van der Waals surface area contributed by atoms with Crippen LogP contribution in [0.2, 0.25) is 0 Å². The molecule has 0 spiro atoms. The number of benzene rings is 2. The van der Waals surface area contributed by atoms with Crippen molar-refractivity contribution in [1.82, 2.24) is 4.90 Å². The molecule has 0 radical (unpaired) electrons. The Labute approximate surface area is 194 Å². The Bertz CT molecular complexity index is 1080. The zero-order chi connectivity index (χ0) is 22.5. The third kappa shape index (κ3) is 4.87. The number of imide groups is 1. The molecule has 2 aromatic carbocycles. The molecule has 0 bridgehead atoms. The fraction of sp³-hybridized carbons (Fsp3) is 0.208. The van der Waals surface area contributed by atoms with Crippen molar-refractivity contribution < 1.29 is 19.1 Å². The minimum absolute atomic E-state index is 0.0346. The van der Waals surface area contributed by atoms with Gasteiger partial charge in [-0.15, -0.1) is 23.1 Å². The van der Waals surface area contributed by atoms with Crippen LogP contribution in [0.15, 0.2) is 76.3 Å². The van der Waals surface area contributed by atoms with Crippen molar-refractivity contribution in [2.24, 2.45) is 0 Å². The second-order valence-electron chi connectivity index (χ2n) is 7.21. The maximum atomic E-state index is 13.3. The first-order valence-electron chi connectivity index (χ1n) is 10.1. The molecule has 6 nitrogen and oxygen atoms in total. The molecule has 1 saturated heterocycles. The van der Waals surface area contributed by atoms with E-state index in [2.05, 4.69) is 0 Å². The number of carbonyl (C=O) groups is 3. The van der Waals surface area contributed by atoms with Gasteiger partial charge in [0.25, 0.3) is 5.91 Å². The lowest BCUT2D eigenvalue weighted by Gasteiger charge is -2.27. The number of hydrogen-bond donors (Lipinski definition) is 0. The van der Waals surface area contributed by atoms with Crippen LogP contribution >= 0.6 is 23.1 Å². The Morgan fingerprint density at radius 2 is 1.84 bits per heavy atom. The fourth-order valence-electron chi connectivity index (χ4n) is 3.58. The van der Waals surface area contributed by atoms with E-state index in [4.69, 9.17) is 4.74 Å². The van der Waals surface area contributed by atoms with Crippen LogP contribution in [0.5, 0.6) is 5.75 Å². The van der Waals surface area contributed by atoms with E-state index >= 15 is 0 Å². The monoisotopic (exact) mass is 466 g/mol. The van der Waals surface area contributed by atoms with E-state index in [-0.39, 0.29) is 36.4 Å². The molecular weight excluding hydrogens is 444 g/mol. The van der Waals surface area contributed by atoms with Crippen LogP contribution < -0.4 is 9.64 Å². The van der Waals surface area contributed by atoms with Gasteiger partial charge in [-0.25, -0.2) is 4.90 Å². The largest absolute Gasteiger partial charge is 0.497 e. The Hall–Kier alpha value is -3.10. The first kappa shape index (κ1) is 22.1. The van der Waals surface area contributed by atoms with Crippen molar-refractivity contribution in [1.29, 1.82) is 0 Å². The Morgan fingerprint density at radius 3 is 2.50 bits per heavy atom. The summed E-state index contributed by atoms with van der Waals surface area (Å²) in [5.74, 6) is -0.0354. The molecule has 0 N–H and O–H groups in total. The molecule has 164 valence electrons. The molecule has 1 atom stereocenters. The number of carbonyl (C=O) groups excluding carboxylic acids is 3. The van der Waals surface area contributed by atoms with Gasteiger partial charge in [-0.2, -0.15) is 0 Å². The highest BCUT2D eigenvalue weighted by molar-refractivity contribution is 8.01. The van der Waals surface area contributed by atoms with Gasteiger partial charge in [0.2, 0.25) is 11.8 Å². The van der Waals surface area contributed by atoms with Crippen LogP contribution in [0.25, 0.3) is 0 Å². The topological polar surface area (TPSA) is 66.9 Å². The average Bonchev–Trinajstić information content (AvgIpc) is 3.44. The number of thioether (sulfide) groups is 1. The molecule has 0 saturated carbocycles. The molecule has 1 unspecified atom stereocenters. The van der Waals surface area contributed by atoms with Gasteiger partial charge in [0.15, 0.2) is 0 Å². The van der Waals surface area contributed by atoms with Gasteiger partial charge in [-0.1, -0.05) is 36.4 Å². The first-order chi connectivity index (χ1) is 15.6. The molecule has 2 heterocycles. The Morgan fingerprint density at radius 1 is 1.09 bits per heavy atom. The zero-order valence-corrected chi connectivity index (χ0v) is 19.1. The molecule has 3 amide bonds. The van der Waals surface area contributed by atoms with E-state index in [1.54, 1.807) is 47.6 Å². The van der Waals surface area contributed by atoms with Gasteiger partial charge in [-0.3, -0.25) is 14.4 Å². The Kier molecular flexibility index (Phi) is 6.92. The van der Waals surface area contributed by atoms with Crippen molar-refractivity contribution in [3.05, 3.63) is 77.7 Å². The van der Waals surface area contributed by atoms with Gasteiger partial charge in [0.1, 0.15) is 11.8 Å². The van der Waals surface area contributed by atoms with E-state index in [1.807, 2.05) is 47.8 Å². The predicted octanol–water partition coefficient (Wildman–Crippen LogP) is 4.21. The summed E-state index contributed by atoms with van der Waals surface area (Å²) in [6.07, 6.45) is -0.0346. The van der Waals surface area contributed by atoms with Crippen molar-refractivity contribution >= 4 is 46.5 Å². The molecule has 4 rings (SSSR count). The van der Waals surface area contributed by atoms with E-state index in [1.165, 1.54) is 16.7 Å². The summed E-state index contributed by atoms with van der Waals surface area (Å²) in [6.45, 7) is 0.269. The molecule has 8 heteroatoms. The average molecular weight is 467 g/mol. The van der Waals surface area contributed by atoms with Crippen LogP contribution in [0, 0.1) is 0 Å². The van der Waals surface area contributed by atoms with E-state index < -0.39 is 6.04 Å². The van der Waals surface area contributed by atoms with Crippen LogP contribution in [0.4, 0.5) is 5.69 Å². The van der Waals surface area contributed by atoms with Gasteiger partial charge in [-0.05, 0) is 41.3 Å². The number of methoxy groups -OCH3 is 1. The number of ether oxygens (including phenoxy) is 1. The summed E-state index contributed by atoms with van der Waals surface area (Å²) >= 11 is 3.01. The number of nitrogens with zero attached hydrogens (tertiary/aromatic N) is 2. The molecule has 32 heavy (non-hydrogen) atoms. The van der Waals surface area contributed by atoms with Crippen LogP contribution in [-0.2, 0) is 20.9 Å². The maximum absolute atomic E-state index is 13.3. The maximum Gasteiger partial charge on any atom is 0.257 e. The van der Waals surface area contributed by atoms with Crippen LogP contribution in [-0.4, -0.2) is 41.5 Å². The first-order valence-corrected chi connectivity index (χ1v) is 11.9. The minimum atomic E-state index is -0.832. The SMILES string of the molecule is COc1ccc(N2C(=O)CC(N(Cc3ccccc3)C(=O)CSc3cccs3)C2=O)cc1. The molecular formula is C24H22N2O4S2. The lowest BCUT2D eigenvalue weighted by atomic mass is 10.1. The summed E-state index contributed by atoms with van der Waals surface area (Å²) in [6, 6.07) is 19.3. The quantitative estimate of drug-likeness (QED) is 0.368. The summed E-state index contributed by atoms with van der Waals surface area (Å²) in [5.41, 5.74) is 1.38. The molecule has 3 aromatic rings. The standard InChI is InChI=1S/C24H22N2O4S2/c1-30-19-11-9-18(10-12-19)26-21(27)14-20(24(26)29)25(15-17-6-3-2-4-7-17)22(28)16-32-23-8-5-13-31-23/h2-13,20H,14-16H2,1H3. The second kappa shape index (κ2) is 10.0. The molecule has 1 aliphatic rings. The smallest absolute Gasteiger partial charge is 0.257 e. The van der Waals surface area contributed by atoms with Gasteiger partial charge >= 0.3 is 0 Å². The molecule has 0 aliphatic carbocycles. The highest BCUT2D eigenvalue weighted by atomic mass is 32.2. The van der Waals surface area contributed by atoms with E-state index in [9.17, 15) is 14.4 Å². The fourth-order valence-corrected chi connectivity index (χ4v) is 5.25. The number of anilines is 1. The third-order valence-electron chi connectivity index (χ3n) is 5.18. The molecule has 1 aliphatic heterocycles. The number of hydrogen-bond acceptors (Lipinski definition) is 6. The third-order valence-corrected chi connectivity index (χ3v) is 7.29. The number of rotatable bonds is 8.